The molecule has 0 aliphatic carbocycles. The normalized spacial score (nSPS) is 16.4. The van der Waals surface area contributed by atoms with E-state index in [9.17, 15) is 5.11 Å². The molecule has 0 aliphatic heterocycles. The summed E-state index contributed by atoms with van der Waals surface area (Å²) in [6.07, 6.45) is 5.80. The maximum Gasteiger partial charge on any atom is 0.0743 e. The smallest absolute Gasteiger partial charge is 0.0743 e. The maximum absolute atomic E-state index is 10.1. The quantitative estimate of drug-likeness (QED) is 0.640. The van der Waals surface area contributed by atoms with Gasteiger partial charge in [-0.25, -0.2) is 0 Å². The lowest BCUT2D eigenvalue weighted by Gasteiger charge is -2.29. The van der Waals surface area contributed by atoms with Gasteiger partial charge in [0, 0.05) is 12.1 Å². The Morgan fingerprint density at radius 1 is 1.00 bits per heavy atom. The lowest BCUT2D eigenvalue weighted by molar-refractivity contribution is 0.0419. The van der Waals surface area contributed by atoms with Crippen molar-refractivity contribution in [3.05, 3.63) is 0 Å². The van der Waals surface area contributed by atoms with Crippen molar-refractivity contribution in [2.24, 2.45) is 0 Å². The number of aliphatic hydroxyl groups is 1. The van der Waals surface area contributed by atoms with E-state index in [1.807, 2.05) is 6.92 Å². The molecular formula is C13H29NO. The highest BCUT2D eigenvalue weighted by atomic mass is 16.3. The van der Waals surface area contributed by atoms with Crippen LogP contribution in [0.3, 0.4) is 0 Å². The molecule has 2 nitrogen and oxygen atoms in total. The zero-order valence-corrected chi connectivity index (χ0v) is 11.2. The Morgan fingerprint density at radius 2 is 1.60 bits per heavy atom. The number of rotatable bonds is 7. The van der Waals surface area contributed by atoms with Crippen molar-refractivity contribution in [2.75, 3.05) is 6.54 Å². The van der Waals surface area contributed by atoms with Crippen LogP contribution in [0.1, 0.15) is 66.7 Å². The minimum Gasteiger partial charge on any atom is -0.389 e. The van der Waals surface area contributed by atoms with Gasteiger partial charge in [-0.3, -0.25) is 0 Å². The molecule has 0 saturated heterocycles. The predicted molar refractivity (Wildman–Crippen MR) is 67.1 cm³/mol. The first-order valence-electron chi connectivity index (χ1n) is 6.24. The highest BCUT2D eigenvalue weighted by Gasteiger charge is 2.22. The second-order valence-electron chi connectivity index (χ2n) is 5.91. The molecule has 0 saturated carbocycles. The predicted octanol–water partition coefficient (Wildman–Crippen LogP) is 3.10. The zero-order valence-electron chi connectivity index (χ0n) is 11.2. The van der Waals surface area contributed by atoms with Gasteiger partial charge in [0.25, 0.3) is 0 Å². The van der Waals surface area contributed by atoms with Crippen LogP contribution < -0.4 is 5.32 Å². The van der Waals surface area contributed by atoms with Crippen LogP contribution >= 0.6 is 0 Å². The fourth-order valence-electron chi connectivity index (χ4n) is 1.48. The van der Waals surface area contributed by atoms with E-state index in [0.717, 1.165) is 12.8 Å². The summed E-state index contributed by atoms with van der Waals surface area (Å²) in [7, 11) is 0. The van der Waals surface area contributed by atoms with E-state index in [4.69, 9.17) is 0 Å². The summed E-state index contributed by atoms with van der Waals surface area (Å²) in [5.74, 6) is 0. The van der Waals surface area contributed by atoms with Crippen LogP contribution in [0.2, 0.25) is 0 Å². The molecule has 0 rings (SSSR count). The van der Waals surface area contributed by atoms with Crippen LogP contribution in [-0.4, -0.2) is 22.8 Å². The standard InChI is InChI=1S/C13H29NO/c1-6-7-8-9-10-13(5,15)11-14-12(2,3)4/h14-15H,6-11H2,1-5H3. The zero-order chi connectivity index (χ0) is 11.9. The summed E-state index contributed by atoms with van der Waals surface area (Å²) < 4.78 is 0. The molecule has 0 aromatic carbocycles. The molecule has 0 heterocycles. The number of β-amino-alcohol motifs (C(OH)–C–C–N with tert-alkyl or cyclic N) is 1. The molecule has 0 bridgehead atoms. The largest absolute Gasteiger partial charge is 0.389 e. The maximum atomic E-state index is 10.1. The van der Waals surface area contributed by atoms with Gasteiger partial charge in [-0.2, -0.15) is 0 Å². The number of nitrogens with one attached hydrogen (secondary N) is 1. The van der Waals surface area contributed by atoms with Gasteiger partial charge in [0.1, 0.15) is 0 Å². The van der Waals surface area contributed by atoms with Crippen molar-refractivity contribution < 1.29 is 5.11 Å². The molecule has 2 N–H and O–H groups in total. The van der Waals surface area contributed by atoms with Gasteiger partial charge >= 0.3 is 0 Å². The number of unbranched alkanes of at least 4 members (excludes halogenated alkanes) is 3. The van der Waals surface area contributed by atoms with E-state index in [0.29, 0.717) is 6.54 Å². The molecule has 2 heteroatoms. The number of hydrogen-bond donors (Lipinski definition) is 2. The Kier molecular flexibility index (Phi) is 6.46. The molecule has 1 unspecified atom stereocenters. The lowest BCUT2D eigenvalue weighted by atomic mass is 9.96. The van der Waals surface area contributed by atoms with Crippen molar-refractivity contribution in [1.82, 2.24) is 5.32 Å². The Hall–Kier alpha value is -0.0800. The molecule has 92 valence electrons. The summed E-state index contributed by atoms with van der Waals surface area (Å²) in [6.45, 7) is 11.2. The van der Waals surface area contributed by atoms with Crippen molar-refractivity contribution in [1.29, 1.82) is 0 Å². The van der Waals surface area contributed by atoms with Crippen LogP contribution in [0.25, 0.3) is 0 Å². The molecule has 0 aliphatic rings. The van der Waals surface area contributed by atoms with Crippen molar-refractivity contribution in [3.63, 3.8) is 0 Å². The Morgan fingerprint density at radius 3 is 2.07 bits per heavy atom. The van der Waals surface area contributed by atoms with E-state index >= 15 is 0 Å². The molecule has 0 amide bonds. The highest BCUT2D eigenvalue weighted by molar-refractivity contribution is 4.80. The molecule has 0 spiro atoms. The van der Waals surface area contributed by atoms with Gasteiger partial charge in [0.2, 0.25) is 0 Å². The van der Waals surface area contributed by atoms with Crippen molar-refractivity contribution in [2.45, 2.75) is 77.9 Å². The van der Waals surface area contributed by atoms with Gasteiger partial charge in [-0.1, -0.05) is 32.6 Å². The first-order valence-corrected chi connectivity index (χ1v) is 6.24. The monoisotopic (exact) mass is 215 g/mol. The van der Waals surface area contributed by atoms with E-state index in [1.54, 1.807) is 0 Å². The third kappa shape index (κ3) is 10.2. The minimum atomic E-state index is -0.555. The molecular weight excluding hydrogens is 186 g/mol. The number of hydrogen-bond acceptors (Lipinski definition) is 2. The van der Waals surface area contributed by atoms with E-state index in [1.165, 1.54) is 19.3 Å². The Bertz CT molecular complexity index is 158. The second-order valence-corrected chi connectivity index (χ2v) is 5.91. The van der Waals surface area contributed by atoms with Crippen LogP contribution in [0, 0.1) is 0 Å². The third-order valence-corrected chi connectivity index (χ3v) is 2.57. The van der Waals surface area contributed by atoms with E-state index in [2.05, 4.69) is 33.0 Å². The summed E-state index contributed by atoms with van der Waals surface area (Å²) in [6, 6.07) is 0. The van der Waals surface area contributed by atoms with Crippen LogP contribution in [-0.2, 0) is 0 Å². The summed E-state index contributed by atoms with van der Waals surface area (Å²) >= 11 is 0. The SMILES string of the molecule is CCCCCCC(C)(O)CNC(C)(C)C. The minimum absolute atomic E-state index is 0.0907. The van der Waals surface area contributed by atoms with Gasteiger partial charge in [0.05, 0.1) is 5.60 Å². The first-order chi connectivity index (χ1) is 6.77. The van der Waals surface area contributed by atoms with Gasteiger partial charge in [0.15, 0.2) is 0 Å². The van der Waals surface area contributed by atoms with Crippen LogP contribution in [0.4, 0.5) is 0 Å². The van der Waals surface area contributed by atoms with Gasteiger partial charge in [-0.05, 0) is 34.1 Å². The fraction of sp³-hybridized carbons (Fsp3) is 1.00. The molecule has 1 atom stereocenters. The molecule has 0 radical (unpaired) electrons. The Balaban J connectivity index is 3.67. The summed E-state index contributed by atoms with van der Waals surface area (Å²) in [5, 5.41) is 13.5. The van der Waals surface area contributed by atoms with Gasteiger partial charge < -0.3 is 10.4 Å². The molecule has 0 aromatic rings. The van der Waals surface area contributed by atoms with E-state index < -0.39 is 5.60 Å². The average Bonchev–Trinajstić information content (AvgIpc) is 2.09. The van der Waals surface area contributed by atoms with Crippen molar-refractivity contribution >= 4 is 0 Å². The fourth-order valence-corrected chi connectivity index (χ4v) is 1.48. The summed E-state index contributed by atoms with van der Waals surface area (Å²) in [5.41, 5.74) is -0.464. The topological polar surface area (TPSA) is 32.3 Å². The highest BCUT2D eigenvalue weighted by Crippen LogP contribution is 2.15. The van der Waals surface area contributed by atoms with Crippen molar-refractivity contribution in [3.8, 4) is 0 Å². The Labute approximate surface area is 95.5 Å². The van der Waals surface area contributed by atoms with Crippen LogP contribution in [0.15, 0.2) is 0 Å². The average molecular weight is 215 g/mol. The molecule has 0 fully saturated rings. The van der Waals surface area contributed by atoms with Gasteiger partial charge in [-0.15, -0.1) is 0 Å². The van der Waals surface area contributed by atoms with E-state index in [-0.39, 0.29) is 5.54 Å². The third-order valence-electron chi connectivity index (χ3n) is 2.57. The lowest BCUT2D eigenvalue weighted by Crippen LogP contribution is -2.46. The van der Waals surface area contributed by atoms with Crippen LogP contribution in [0.5, 0.6) is 0 Å². The molecule has 0 aromatic heterocycles. The summed E-state index contributed by atoms with van der Waals surface area (Å²) in [4.78, 5) is 0. The first kappa shape index (κ1) is 14.9. The molecule has 15 heavy (non-hydrogen) atoms. The second kappa shape index (κ2) is 6.49.